The molecule has 178 valence electrons. The number of anilines is 1. The zero-order valence-electron chi connectivity index (χ0n) is 18.5. The maximum absolute atomic E-state index is 12.8. The first-order valence-electron chi connectivity index (χ1n) is 10.7. The first-order chi connectivity index (χ1) is 16.5. The second-order valence-corrected chi connectivity index (χ2v) is 11.8. The Balaban J connectivity index is 1.28. The molecule has 0 bridgehead atoms. The molecule has 0 unspecified atom stereocenters. The zero-order chi connectivity index (χ0) is 24.0. The van der Waals surface area contributed by atoms with Gasteiger partial charge in [-0.15, -0.1) is 16.8 Å². The third kappa shape index (κ3) is 6.10. The summed E-state index contributed by atoms with van der Waals surface area (Å²) < 4.78 is 27.9. The number of hydrogen-bond donors (Lipinski definition) is 1. The van der Waals surface area contributed by atoms with E-state index in [1.807, 2.05) is 18.2 Å². The summed E-state index contributed by atoms with van der Waals surface area (Å²) in [4.78, 5) is 15.1. The minimum atomic E-state index is -3.45. The Kier molecular flexibility index (Phi) is 8.11. The summed E-state index contributed by atoms with van der Waals surface area (Å²) in [6, 6.07) is 16.0. The van der Waals surface area contributed by atoms with Gasteiger partial charge in [-0.3, -0.25) is 15.0 Å². The number of piperazine rings is 1. The molecule has 0 radical (unpaired) electrons. The largest absolute Gasteiger partial charge is 0.296 e. The van der Waals surface area contributed by atoms with Gasteiger partial charge in [0.15, 0.2) is 4.34 Å². The molecule has 2 heterocycles. The average molecular weight is 516 g/mol. The van der Waals surface area contributed by atoms with Crippen molar-refractivity contribution in [1.82, 2.24) is 19.4 Å². The molecule has 0 spiro atoms. The van der Waals surface area contributed by atoms with Crippen LogP contribution < -0.4 is 5.32 Å². The number of hydrogen-bond acceptors (Lipinski definition) is 8. The number of nitrogens with one attached hydrogen (secondary N) is 1. The molecule has 0 saturated carbocycles. The van der Waals surface area contributed by atoms with Crippen LogP contribution in [0, 0.1) is 0 Å². The predicted octanol–water partition coefficient (Wildman–Crippen LogP) is 3.58. The molecule has 3 aromatic rings. The SMILES string of the molecule is C=CCSc1nnc(NC(=O)c2ccc(CN3CCN(S(=O)(=O)c4ccccc4)CC3)cc2)s1. The maximum atomic E-state index is 12.8. The van der Waals surface area contributed by atoms with E-state index >= 15 is 0 Å². The number of amides is 1. The normalized spacial score (nSPS) is 15.2. The smallest absolute Gasteiger partial charge is 0.257 e. The number of carbonyl (C=O) groups excluding carboxylic acids is 1. The third-order valence-corrected chi connectivity index (χ3v) is 9.17. The lowest BCUT2D eigenvalue weighted by Gasteiger charge is -2.34. The minimum absolute atomic E-state index is 0.234. The van der Waals surface area contributed by atoms with Gasteiger partial charge < -0.3 is 0 Å². The van der Waals surface area contributed by atoms with Crippen molar-refractivity contribution in [3.05, 3.63) is 78.4 Å². The molecule has 0 aliphatic carbocycles. The lowest BCUT2D eigenvalue weighted by atomic mass is 10.1. The van der Waals surface area contributed by atoms with Crippen LogP contribution in [-0.4, -0.2) is 65.7 Å². The van der Waals surface area contributed by atoms with Gasteiger partial charge in [-0.05, 0) is 29.8 Å². The van der Waals surface area contributed by atoms with E-state index in [0.717, 1.165) is 15.7 Å². The Morgan fingerprint density at radius 2 is 1.76 bits per heavy atom. The van der Waals surface area contributed by atoms with Crippen LogP contribution in [0.15, 0.2) is 76.5 Å². The average Bonchev–Trinajstić information content (AvgIpc) is 3.31. The standard InChI is InChI=1S/C23H25N5O3S3/c1-2-16-32-23-26-25-22(33-23)24-21(29)19-10-8-18(9-11-19)17-27-12-14-28(15-13-27)34(30,31)20-6-4-3-5-7-20/h2-11H,1,12-17H2,(H,24,25,29). The van der Waals surface area contributed by atoms with Gasteiger partial charge in [-0.2, -0.15) is 4.31 Å². The Hall–Kier alpha value is -2.57. The van der Waals surface area contributed by atoms with Crippen molar-refractivity contribution in [3.63, 3.8) is 0 Å². The Bertz CT molecular complexity index is 1220. The minimum Gasteiger partial charge on any atom is -0.296 e. The summed E-state index contributed by atoms with van der Waals surface area (Å²) in [5.74, 6) is 0.504. The van der Waals surface area contributed by atoms with Gasteiger partial charge in [0.1, 0.15) is 0 Å². The van der Waals surface area contributed by atoms with E-state index in [4.69, 9.17) is 0 Å². The Morgan fingerprint density at radius 3 is 2.44 bits per heavy atom. The third-order valence-electron chi connectivity index (χ3n) is 5.29. The number of aromatic nitrogens is 2. The van der Waals surface area contributed by atoms with Crippen molar-refractivity contribution in [1.29, 1.82) is 0 Å². The van der Waals surface area contributed by atoms with E-state index in [9.17, 15) is 13.2 Å². The van der Waals surface area contributed by atoms with E-state index in [1.165, 1.54) is 23.1 Å². The fourth-order valence-electron chi connectivity index (χ4n) is 3.51. The highest BCUT2D eigenvalue weighted by molar-refractivity contribution is 8.01. The number of thioether (sulfide) groups is 1. The maximum Gasteiger partial charge on any atom is 0.257 e. The van der Waals surface area contributed by atoms with E-state index < -0.39 is 10.0 Å². The van der Waals surface area contributed by atoms with Crippen molar-refractivity contribution in [3.8, 4) is 0 Å². The fourth-order valence-corrected chi connectivity index (χ4v) is 6.46. The summed E-state index contributed by atoms with van der Waals surface area (Å²) in [5.41, 5.74) is 1.60. The predicted molar refractivity (Wildman–Crippen MR) is 136 cm³/mol. The molecule has 2 aromatic carbocycles. The highest BCUT2D eigenvalue weighted by Crippen LogP contribution is 2.25. The molecule has 8 nitrogen and oxygen atoms in total. The van der Waals surface area contributed by atoms with E-state index in [1.54, 1.807) is 46.8 Å². The lowest BCUT2D eigenvalue weighted by molar-refractivity contribution is 0.102. The van der Waals surface area contributed by atoms with E-state index in [2.05, 4.69) is 27.0 Å². The first-order valence-corrected chi connectivity index (χ1v) is 13.9. The van der Waals surface area contributed by atoms with Crippen molar-refractivity contribution in [2.75, 3.05) is 37.2 Å². The second kappa shape index (κ2) is 11.2. The van der Waals surface area contributed by atoms with Crippen LogP contribution in [0.25, 0.3) is 0 Å². The van der Waals surface area contributed by atoms with Gasteiger partial charge in [-0.25, -0.2) is 8.42 Å². The summed E-state index contributed by atoms with van der Waals surface area (Å²) in [7, 11) is -3.45. The number of sulfonamides is 1. The van der Waals surface area contributed by atoms with E-state index in [0.29, 0.717) is 48.3 Å². The van der Waals surface area contributed by atoms with Crippen LogP contribution in [0.1, 0.15) is 15.9 Å². The van der Waals surface area contributed by atoms with Crippen LogP contribution in [0.3, 0.4) is 0 Å². The first kappa shape index (κ1) is 24.6. The van der Waals surface area contributed by atoms with Crippen LogP contribution in [0.2, 0.25) is 0 Å². The monoisotopic (exact) mass is 515 g/mol. The quantitative estimate of drug-likeness (QED) is 0.264. The molecular weight excluding hydrogens is 490 g/mol. The van der Waals surface area contributed by atoms with Gasteiger partial charge in [-0.1, -0.05) is 59.5 Å². The van der Waals surface area contributed by atoms with Gasteiger partial charge in [0.2, 0.25) is 15.2 Å². The van der Waals surface area contributed by atoms with Crippen LogP contribution >= 0.6 is 23.1 Å². The lowest BCUT2D eigenvalue weighted by Crippen LogP contribution is -2.48. The molecule has 1 amide bonds. The molecule has 1 aromatic heterocycles. The number of nitrogens with zero attached hydrogens (tertiary/aromatic N) is 4. The summed E-state index contributed by atoms with van der Waals surface area (Å²) >= 11 is 2.85. The molecule has 1 aliphatic rings. The summed E-state index contributed by atoms with van der Waals surface area (Å²) in [6.45, 7) is 6.57. The molecule has 1 aliphatic heterocycles. The van der Waals surface area contributed by atoms with E-state index in [-0.39, 0.29) is 5.91 Å². The summed E-state index contributed by atoms with van der Waals surface area (Å²) in [6.07, 6.45) is 1.79. The van der Waals surface area contributed by atoms with Crippen molar-refractivity contribution < 1.29 is 13.2 Å². The van der Waals surface area contributed by atoms with Gasteiger partial charge >= 0.3 is 0 Å². The number of rotatable bonds is 9. The topological polar surface area (TPSA) is 95.5 Å². The zero-order valence-corrected chi connectivity index (χ0v) is 20.9. The Morgan fingerprint density at radius 1 is 1.06 bits per heavy atom. The summed E-state index contributed by atoms with van der Waals surface area (Å²) in [5, 5.41) is 11.3. The van der Waals surface area contributed by atoms with Crippen molar-refractivity contribution in [2.45, 2.75) is 15.8 Å². The Labute approximate surface area is 207 Å². The number of carbonyl (C=O) groups is 1. The van der Waals surface area contributed by atoms with Crippen molar-refractivity contribution >= 4 is 44.2 Å². The van der Waals surface area contributed by atoms with Crippen LogP contribution in [0.4, 0.5) is 5.13 Å². The van der Waals surface area contributed by atoms with Gasteiger partial charge in [0, 0.05) is 44.0 Å². The molecule has 1 fully saturated rings. The highest BCUT2D eigenvalue weighted by Gasteiger charge is 2.28. The van der Waals surface area contributed by atoms with Crippen LogP contribution in [-0.2, 0) is 16.6 Å². The van der Waals surface area contributed by atoms with Crippen LogP contribution in [0.5, 0.6) is 0 Å². The van der Waals surface area contributed by atoms with Gasteiger partial charge in [0.05, 0.1) is 4.90 Å². The molecule has 1 saturated heterocycles. The van der Waals surface area contributed by atoms with Gasteiger partial charge in [0.25, 0.3) is 5.91 Å². The molecule has 4 rings (SSSR count). The molecular formula is C23H25N5O3S3. The molecule has 11 heteroatoms. The molecule has 1 N–H and O–H groups in total. The fraction of sp³-hybridized carbons (Fsp3) is 0.261. The molecule has 0 atom stereocenters. The van der Waals surface area contributed by atoms with Crippen molar-refractivity contribution in [2.24, 2.45) is 0 Å². The second-order valence-electron chi connectivity index (χ2n) is 7.62. The highest BCUT2D eigenvalue weighted by atomic mass is 32.2. The molecule has 34 heavy (non-hydrogen) atoms. The number of benzene rings is 2.